The summed E-state index contributed by atoms with van der Waals surface area (Å²) in [6, 6.07) is 13.5. The molecule has 0 aliphatic rings. The summed E-state index contributed by atoms with van der Waals surface area (Å²) in [7, 11) is 3.17. The van der Waals surface area contributed by atoms with Crippen molar-refractivity contribution in [3.8, 4) is 11.5 Å². The number of rotatable bonds is 8. The summed E-state index contributed by atoms with van der Waals surface area (Å²) in [4.78, 5) is 16.3. The number of amides is 1. The number of nitrogens with one attached hydrogen (secondary N) is 1. The van der Waals surface area contributed by atoms with Crippen LogP contribution < -0.4 is 14.8 Å². The fraction of sp³-hybridized carbons (Fsp3) is 0.182. The largest absolute Gasteiger partial charge is 0.493 e. The molecule has 2 aromatic carbocycles. The van der Waals surface area contributed by atoms with Crippen LogP contribution in [0.3, 0.4) is 0 Å². The van der Waals surface area contributed by atoms with E-state index in [4.69, 9.17) is 9.47 Å². The van der Waals surface area contributed by atoms with Crippen molar-refractivity contribution in [3.05, 3.63) is 84.0 Å². The molecule has 0 atom stereocenters. The molecule has 0 unspecified atom stereocenters. The van der Waals surface area contributed by atoms with Crippen molar-refractivity contribution in [2.24, 2.45) is 0 Å². The first-order valence-corrected chi connectivity index (χ1v) is 8.90. The molecule has 1 N–H and O–H groups in total. The van der Waals surface area contributed by atoms with Gasteiger partial charge in [0.2, 0.25) is 5.91 Å². The van der Waals surface area contributed by atoms with Gasteiger partial charge >= 0.3 is 0 Å². The first kappa shape index (κ1) is 19.2. The Kier molecular flexibility index (Phi) is 6.46. The third kappa shape index (κ3) is 5.01. The van der Waals surface area contributed by atoms with E-state index in [1.165, 1.54) is 6.08 Å². The maximum Gasteiger partial charge on any atom is 0.244 e. The van der Waals surface area contributed by atoms with Gasteiger partial charge in [0.25, 0.3) is 0 Å². The van der Waals surface area contributed by atoms with E-state index < -0.39 is 0 Å². The van der Waals surface area contributed by atoms with Gasteiger partial charge < -0.3 is 19.4 Å². The van der Waals surface area contributed by atoms with Gasteiger partial charge in [0.1, 0.15) is 0 Å². The fourth-order valence-electron chi connectivity index (χ4n) is 2.83. The second-order valence-corrected chi connectivity index (χ2v) is 6.17. The molecule has 144 valence electrons. The van der Waals surface area contributed by atoms with Gasteiger partial charge in [0.05, 0.1) is 20.5 Å². The van der Waals surface area contributed by atoms with Gasteiger partial charge in [-0.3, -0.25) is 4.79 Å². The van der Waals surface area contributed by atoms with Crippen molar-refractivity contribution >= 4 is 12.0 Å². The van der Waals surface area contributed by atoms with Gasteiger partial charge in [-0.1, -0.05) is 30.3 Å². The van der Waals surface area contributed by atoms with Crippen LogP contribution in [0.5, 0.6) is 11.5 Å². The molecule has 0 bridgehead atoms. The van der Waals surface area contributed by atoms with E-state index in [9.17, 15) is 4.79 Å². The second kappa shape index (κ2) is 9.41. The van der Waals surface area contributed by atoms with Gasteiger partial charge in [0, 0.05) is 31.6 Å². The number of methoxy groups -OCH3 is 2. The van der Waals surface area contributed by atoms with Crippen LogP contribution in [0.15, 0.2) is 67.3 Å². The number of hydrogen-bond acceptors (Lipinski definition) is 4. The number of carbonyl (C=O) groups is 1. The van der Waals surface area contributed by atoms with E-state index in [2.05, 4.69) is 16.4 Å². The molecular weight excluding hydrogens is 354 g/mol. The zero-order chi connectivity index (χ0) is 19.8. The van der Waals surface area contributed by atoms with Gasteiger partial charge in [-0.05, 0) is 34.9 Å². The average molecular weight is 377 g/mol. The summed E-state index contributed by atoms with van der Waals surface area (Å²) < 4.78 is 12.5. The van der Waals surface area contributed by atoms with Gasteiger partial charge in [-0.25, -0.2) is 4.98 Å². The van der Waals surface area contributed by atoms with Crippen molar-refractivity contribution in [1.29, 1.82) is 0 Å². The number of imidazole rings is 1. The summed E-state index contributed by atoms with van der Waals surface area (Å²) in [5.41, 5.74) is 3.07. The molecule has 1 heterocycles. The summed E-state index contributed by atoms with van der Waals surface area (Å²) in [5, 5.41) is 2.93. The molecular formula is C22H23N3O3. The SMILES string of the molecule is COc1ccc(/C=C/C(=O)NCc2ccccc2Cn2ccnc2)cc1OC. The van der Waals surface area contributed by atoms with Gasteiger partial charge in [-0.15, -0.1) is 0 Å². The fourth-order valence-corrected chi connectivity index (χ4v) is 2.83. The predicted molar refractivity (Wildman–Crippen MR) is 108 cm³/mol. The molecule has 3 aromatic rings. The Morgan fingerprint density at radius 2 is 1.89 bits per heavy atom. The monoisotopic (exact) mass is 377 g/mol. The molecule has 6 nitrogen and oxygen atoms in total. The number of carbonyl (C=O) groups excluding carboxylic acids is 1. The maximum atomic E-state index is 12.2. The molecule has 3 rings (SSSR count). The van der Waals surface area contributed by atoms with E-state index in [0.29, 0.717) is 24.6 Å². The quantitative estimate of drug-likeness (QED) is 0.612. The van der Waals surface area contributed by atoms with Crippen LogP contribution in [0.2, 0.25) is 0 Å². The number of nitrogens with zero attached hydrogens (tertiary/aromatic N) is 2. The minimum Gasteiger partial charge on any atom is -0.493 e. The average Bonchev–Trinajstić information content (AvgIpc) is 3.24. The Hall–Kier alpha value is -3.54. The third-order valence-electron chi connectivity index (χ3n) is 4.32. The predicted octanol–water partition coefficient (Wildman–Crippen LogP) is 3.28. The summed E-state index contributed by atoms with van der Waals surface area (Å²) in [5.74, 6) is 1.12. The Morgan fingerprint density at radius 1 is 1.11 bits per heavy atom. The van der Waals surface area contributed by atoms with Crippen molar-refractivity contribution in [1.82, 2.24) is 14.9 Å². The molecule has 0 saturated heterocycles. The minimum atomic E-state index is -0.160. The van der Waals surface area contributed by atoms with Gasteiger partial charge in [0.15, 0.2) is 11.5 Å². The van der Waals surface area contributed by atoms with Crippen LogP contribution in [-0.2, 0) is 17.9 Å². The Labute approximate surface area is 164 Å². The van der Waals surface area contributed by atoms with E-state index in [-0.39, 0.29) is 5.91 Å². The highest BCUT2D eigenvalue weighted by Crippen LogP contribution is 2.27. The molecule has 0 fully saturated rings. The van der Waals surface area contributed by atoms with Crippen LogP contribution in [-0.4, -0.2) is 29.7 Å². The standard InChI is InChI=1S/C22H23N3O3/c1-27-20-9-7-17(13-21(20)28-2)8-10-22(26)24-14-18-5-3-4-6-19(18)15-25-12-11-23-16-25/h3-13,16H,14-15H2,1-2H3,(H,24,26)/b10-8+. The highest BCUT2D eigenvalue weighted by Gasteiger charge is 2.05. The first-order chi connectivity index (χ1) is 13.7. The molecule has 1 amide bonds. The smallest absolute Gasteiger partial charge is 0.244 e. The van der Waals surface area contributed by atoms with Crippen LogP contribution >= 0.6 is 0 Å². The third-order valence-corrected chi connectivity index (χ3v) is 4.32. The Morgan fingerprint density at radius 3 is 2.61 bits per heavy atom. The van der Waals surface area contributed by atoms with Crippen LogP contribution in [0.1, 0.15) is 16.7 Å². The number of aromatic nitrogens is 2. The lowest BCUT2D eigenvalue weighted by atomic mass is 10.1. The zero-order valence-electron chi connectivity index (χ0n) is 16.0. The number of benzene rings is 2. The maximum absolute atomic E-state index is 12.2. The molecule has 0 saturated carbocycles. The van der Waals surface area contributed by atoms with Crippen molar-refractivity contribution in [2.75, 3.05) is 14.2 Å². The Balaban J connectivity index is 1.61. The summed E-state index contributed by atoms with van der Waals surface area (Å²) in [6.07, 6.45) is 8.71. The van der Waals surface area contributed by atoms with E-state index in [1.807, 2.05) is 47.2 Å². The Bertz CT molecular complexity index is 949. The van der Waals surface area contributed by atoms with Crippen molar-refractivity contribution in [3.63, 3.8) is 0 Å². The lowest BCUT2D eigenvalue weighted by Crippen LogP contribution is -2.21. The highest BCUT2D eigenvalue weighted by molar-refractivity contribution is 5.91. The minimum absolute atomic E-state index is 0.160. The molecule has 6 heteroatoms. The van der Waals surface area contributed by atoms with E-state index in [1.54, 1.807) is 32.8 Å². The van der Waals surface area contributed by atoms with Crippen molar-refractivity contribution < 1.29 is 14.3 Å². The van der Waals surface area contributed by atoms with E-state index in [0.717, 1.165) is 16.7 Å². The van der Waals surface area contributed by atoms with Crippen LogP contribution in [0.4, 0.5) is 0 Å². The molecule has 28 heavy (non-hydrogen) atoms. The molecule has 1 aromatic heterocycles. The van der Waals surface area contributed by atoms with E-state index >= 15 is 0 Å². The zero-order valence-corrected chi connectivity index (χ0v) is 16.0. The topological polar surface area (TPSA) is 65.4 Å². The summed E-state index contributed by atoms with van der Waals surface area (Å²) >= 11 is 0. The van der Waals surface area contributed by atoms with Gasteiger partial charge in [-0.2, -0.15) is 0 Å². The van der Waals surface area contributed by atoms with Crippen molar-refractivity contribution in [2.45, 2.75) is 13.1 Å². The van der Waals surface area contributed by atoms with Crippen LogP contribution in [0, 0.1) is 0 Å². The lowest BCUT2D eigenvalue weighted by Gasteiger charge is -2.10. The second-order valence-electron chi connectivity index (χ2n) is 6.17. The summed E-state index contributed by atoms with van der Waals surface area (Å²) in [6.45, 7) is 1.17. The normalized spacial score (nSPS) is 10.8. The molecule has 0 aliphatic heterocycles. The number of ether oxygens (including phenoxy) is 2. The lowest BCUT2D eigenvalue weighted by molar-refractivity contribution is -0.116. The molecule has 0 spiro atoms. The number of hydrogen-bond donors (Lipinski definition) is 1. The molecule has 0 aliphatic carbocycles. The highest BCUT2D eigenvalue weighted by atomic mass is 16.5. The first-order valence-electron chi connectivity index (χ1n) is 8.90. The van der Waals surface area contributed by atoms with Crippen LogP contribution in [0.25, 0.3) is 6.08 Å². The molecule has 0 radical (unpaired) electrons.